The van der Waals surface area contributed by atoms with E-state index in [1.54, 1.807) is 11.2 Å². The van der Waals surface area contributed by atoms with Gasteiger partial charge in [0, 0.05) is 75.3 Å². The van der Waals surface area contributed by atoms with E-state index in [1.165, 1.54) is 18.4 Å². The molecule has 1 unspecified atom stereocenters. The van der Waals surface area contributed by atoms with Gasteiger partial charge in [-0.25, -0.2) is 19.7 Å². The van der Waals surface area contributed by atoms with E-state index in [9.17, 15) is 4.79 Å². The molecule has 42 heavy (non-hydrogen) atoms. The number of piperazine rings is 1. The molecule has 0 aliphatic carbocycles. The predicted octanol–water partition coefficient (Wildman–Crippen LogP) is 5.22. The third-order valence-electron chi connectivity index (χ3n) is 8.09. The van der Waals surface area contributed by atoms with Gasteiger partial charge >= 0.3 is 6.09 Å². The number of aromatic amines is 1. The zero-order valence-electron chi connectivity index (χ0n) is 25.0. The van der Waals surface area contributed by atoms with Gasteiger partial charge in [-0.05, 0) is 70.4 Å². The highest BCUT2D eigenvalue weighted by atomic mass is 16.6. The van der Waals surface area contributed by atoms with Crippen LogP contribution in [0.4, 0.5) is 10.6 Å². The molecule has 0 bridgehead atoms. The van der Waals surface area contributed by atoms with Gasteiger partial charge in [-0.2, -0.15) is 0 Å². The second-order valence-electron chi connectivity index (χ2n) is 12.3. The minimum atomic E-state index is -0.481. The van der Waals surface area contributed by atoms with Gasteiger partial charge < -0.3 is 19.5 Å². The molecule has 1 aromatic carbocycles. The lowest BCUT2D eigenvalue weighted by Crippen LogP contribution is -2.50. The van der Waals surface area contributed by atoms with Crippen LogP contribution in [0.25, 0.3) is 22.3 Å². The van der Waals surface area contributed by atoms with Crippen LogP contribution in [0.3, 0.4) is 0 Å². The lowest BCUT2D eigenvalue weighted by Gasteiger charge is -2.38. The van der Waals surface area contributed by atoms with E-state index in [0.717, 1.165) is 65.8 Å². The molecule has 0 spiro atoms. The van der Waals surface area contributed by atoms with Crippen LogP contribution in [0, 0.1) is 0 Å². The second-order valence-corrected chi connectivity index (χ2v) is 12.3. The SMILES string of the molecule is CC(c1ccnc(Cc2nc3ccc(-c4cc(N5CCCC5)ncn4)cc3[nH]2)c1)N1CCN(C(=O)OC(C)(C)C)CC1. The average Bonchev–Trinajstić information content (AvgIpc) is 3.66. The lowest BCUT2D eigenvalue weighted by atomic mass is 10.1. The summed E-state index contributed by atoms with van der Waals surface area (Å²) in [6, 6.07) is 12.8. The topological polar surface area (TPSA) is 103 Å². The summed E-state index contributed by atoms with van der Waals surface area (Å²) in [5, 5.41) is 0. The number of benzene rings is 1. The Morgan fingerprint density at radius 3 is 2.52 bits per heavy atom. The van der Waals surface area contributed by atoms with Crippen molar-refractivity contribution in [1.82, 2.24) is 34.7 Å². The number of imidazole rings is 1. The fourth-order valence-corrected chi connectivity index (χ4v) is 5.78. The van der Waals surface area contributed by atoms with E-state index < -0.39 is 5.60 Å². The number of hydrogen-bond donors (Lipinski definition) is 1. The number of ether oxygens (including phenoxy) is 1. The van der Waals surface area contributed by atoms with Gasteiger partial charge in [0.25, 0.3) is 0 Å². The number of hydrogen-bond acceptors (Lipinski definition) is 8. The largest absolute Gasteiger partial charge is 0.444 e. The van der Waals surface area contributed by atoms with E-state index in [-0.39, 0.29) is 12.1 Å². The van der Waals surface area contributed by atoms with Gasteiger partial charge in [-0.15, -0.1) is 0 Å². The molecule has 5 heterocycles. The first-order valence-corrected chi connectivity index (χ1v) is 14.9. The molecule has 2 aliphatic heterocycles. The third-order valence-corrected chi connectivity index (χ3v) is 8.09. The first-order chi connectivity index (χ1) is 20.2. The molecular formula is C32H40N8O2. The summed E-state index contributed by atoms with van der Waals surface area (Å²) in [6.07, 6.45) is 6.35. The van der Waals surface area contributed by atoms with Crippen LogP contribution >= 0.6 is 0 Å². The molecule has 10 heteroatoms. The Hall–Kier alpha value is -4.05. The maximum Gasteiger partial charge on any atom is 0.410 e. The number of pyridine rings is 1. The first-order valence-electron chi connectivity index (χ1n) is 14.9. The zero-order valence-corrected chi connectivity index (χ0v) is 25.0. The Labute approximate surface area is 247 Å². The predicted molar refractivity (Wildman–Crippen MR) is 163 cm³/mol. The van der Waals surface area contributed by atoms with Crippen molar-refractivity contribution in [3.05, 3.63) is 66.0 Å². The minimum Gasteiger partial charge on any atom is -0.444 e. The van der Waals surface area contributed by atoms with Crippen molar-refractivity contribution in [3.8, 4) is 11.3 Å². The third kappa shape index (κ3) is 6.38. The molecule has 6 rings (SSSR count). The molecule has 10 nitrogen and oxygen atoms in total. The summed E-state index contributed by atoms with van der Waals surface area (Å²) >= 11 is 0. The van der Waals surface area contributed by atoms with Crippen molar-refractivity contribution in [2.75, 3.05) is 44.2 Å². The van der Waals surface area contributed by atoms with Gasteiger partial charge in [-0.1, -0.05) is 6.07 Å². The number of amides is 1. The summed E-state index contributed by atoms with van der Waals surface area (Å²) in [6.45, 7) is 12.9. The molecule has 3 aromatic heterocycles. The molecule has 0 saturated carbocycles. The number of carbonyl (C=O) groups is 1. The number of rotatable bonds is 6. The summed E-state index contributed by atoms with van der Waals surface area (Å²) in [5.41, 5.74) is 5.57. The smallest absolute Gasteiger partial charge is 0.410 e. The minimum absolute atomic E-state index is 0.212. The van der Waals surface area contributed by atoms with E-state index >= 15 is 0 Å². The standard InChI is InChI=1S/C32H40N8O2/c1-22(38-13-15-40(16-14-38)31(41)42-32(2,3)4)23-9-10-33-25(17-23)19-29-36-26-8-7-24(18-28(26)37-29)27-20-30(35-21-34-27)39-11-5-6-12-39/h7-10,17-18,20-22H,5-6,11-16,19H2,1-4H3,(H,36,37). The highest BCUT2D eigenvalue weighted by molar-refractivity contribution is 5.81. The van der Waals surface area contributed by atoms with Crippen LogP contribution in [0.5, 0.6) is 0 Å². The van der Waals surface area contributed by atoms with E-state index in [2.05, 4.69) is 67.0 Å². The van der Waals surface area contributed by atoms with Gasteiger partial charge in [0.1, 0.15) is 23.6 Å². The van der Waals surface area contributed by atoms with Crippen molar-refractivity contribution >= 4 is 22.9 Å². The fraction of sp³-hybridized carbons (Fsp3) is 0.469. The molecule has 1 N–H and O–H groups in total. The number of aromatic nitrogens is 5. The van der Waals surface area contributed by atoms with Crippen LogP contribution in [0.1, 0.15) is 63.7 Å². The van der Waals surface area contributed by atoms with Gasteiger partial charge in [0.15, 0.2) is 0 Å². The number of anilines is 1. The van der Waals surface area contributed by atoms with Gasteiger partial charge in [0.05, 0.1) is 16.7 Å². The quantitative estimate of drug-likeness (QED) is 0.338. The molecule has 1 amide bonds. The molecule has 220 valence electrons. The summed E-state index contributed by atoms with van der Waals surface area (Å²) in [4.78, 5) is 41.0. The maximum absolute atomic E-state index is 12.5. The number of fused-ring (bicyclic) bond motifs is 1. The van der Waals surface area contributed by atoms with E-state index in [4.69, 9.17) is 9.72 Å². The van der Waals surface area contributed by atoms with E-state index in [0.29, 0.717) is 19.5 Å². The Kier molecular flexibility index (Phi) is 7.81. The average molecular weight is 569 g/mol. The Morgan fingerprint density at radius 1 is 0.976 bits per heavy atom. The van der Waals surface area contributed by atoms with E-state index in [1.807, 2.05) is 33.0 Å². The summed E-state index contributed by atoms with van der Waals surface area (Å²) in [7, 11) is 0. The number of H-pyrrole nitrogens is 1. The fourth-order valence-electron chi connectivity index (χ4n) is 5.78. The highest BCUT2D eigenvalue weighted by Gasteiger charge is 2.28. The molecule has 0 radical (unpaired) electrons. The first kappa shape index (κ1) is 28.1. The molecule has 2 fully saturated rings. The van der Waals surface area contributed by atoms with Crippen molar-refractivity contribution in [1.29, 1.82) is 0 Å². The molecular weight excluding hydrogens is 528 g/mol. The molecule has 1 atom stereocenters. The summed E-state index contributed by atoms with van der Waals surface area (Å²) < 4.78 is 5.55. The van der Waals surface area contributed by atoms with Crippen LogP contribution in [0.15, 0.2) is 48.9 Å². The maximum atomic E-state index is 12.5. The van der Waals surface area contributed by atoms with Crippen molar-refractivity contribution in [3.63, 3.8) is 0 Å². The zero-order chi connectivity index (χ0) is 29.3. The van der Waals surface area contributed by atoms with Crippen molar-refractivity contribution in [2.24, 2.45) is 0 Å². The van der Waals surface area contributed by atoms with Crippen LogP contribution in [-0.2, 0) is 11.2 Å². The monoisotopic (exact) mass is 568 g/mol. The van der Waals surface area contributed by atoms with Crippen LogP contribution in [0.2, 0.25) is 0 Å². The van der Waals surface area contributed by atoms with Crippen molar-refractivity contribution < 1.29 is 9.53 Å². The Balaban J connectivity index is 1.11. The van der Waals surface area contributed by atoms with Gasteiger partial charge in [0.2, 0.25) is 0 Å². The van der Waals surface area contributed by atoms with Gasteiger partial charge in [-0.3, -0.25) is 9.88 Å². The molecule has 2 aliphatic rings. The second kappa shape index (κ2) is 11.7. The Bertz CT molecular complexity index is 1550. The number of nitrogens with one attached hydrogen (secondary N) is 1. The Morgan fingerprint density at radius 2 is 1.76 bits per heavy atom. The molecule has 2 saturated heterocycles. The number of carbonyl (C=O) groups excluding carboxylic acids is 1. The van der Waals surface area contributed by atoms with Crippen LogP contribution in [-0.4, -0.2) is 85.7 Å². The van der Waals surface area contributed by atoms with Crippen LogP contribution < -0.4 is 4.90 Å². The number of nitrogens with zero attached hydrogens (tertiary/aromatic N) is 7. The normalized spacial score (nSPS) is 17.1. The van der Waals surface area contributed by atoms with Crippen molar-refractivity contribution in [2.45, 2.75) is 58.6 Å². The summed E-state index contributed by atoms with van der Waals surface area (Å²) in [5.74, 6) is 1.87. The lowest BCUT2D eigenvalue weighted by molar-refractivity contribution is 0.0110. The molecule has 4 aromatic rings. The highest BCUT2D eigenvalue weighted by Crippen LogP contribution is 2.27.